The van der Waals surface area contributed by atoms with E-state index in [-0.39, 0.29) is 0 Å². The van der Waals surface area contributed by atoms with Crippen LogP contribution >= 0.6 is 11.3 Å². The topological polar surface area (TPSA) is 16.4 Å². The first kappa shape index (κ1) is 33.2. The van der Waals surface area contributed by atoms with Crippen LogP contribution in [0.25, 0.3) is 86.6 Å². The Morgan fingerprint density at radius 2 is 0.912 bits per heavy atom. The van der Waals surface area contributed by atoms with Gasteiger partial charge in [0.1, 0.15) is 11.2 Å². The highest BCUT2D eigenvalue weighted by molar-refractivity contribution is 7.26. The summed E-state index contributed by atoms with van der Waals surface area (Å²) < 4.78 is 9.06. The zero-order valence-electron chi connectivity index (χ0n) is 31.0. The summed E-state index contributed by atoms with van der Waals surface area (Å²) in [4.78, 5) is 2.39. The first-order chi connectivity index (χ1) is 28.3. The van der Waals surface area contributed by atoms with Crippen LogP contribution in [0.5, 0.6) is 0 Å². The van der Waals surface area contributed by atoms with Gasteiger partial charge in [-0.3, -0.25) is 0 Å². The number of furan rings is 1. The Morgan fingerprint density at radius 3 is 1.67 bits per heavy atom. The Balaban J connectivity index is 1.09. The zero-order valence-corrected chi connectivity index (χ0v) is 31.8. The third kappa shape index (κ3) is 5.80. The van der Waals surface area contributed by atoms with Gasteiger partial charge >= 0.3 is 0 Å². The number of nitrogens with zero attached hydrogens (tertiary/aromatic N) is 1. The van der Waals surface area contributed by atoms with Crippen molar-refractivity contribution in [1.82, 2.24) is 0 Å². The van der Waals surface area contributed by atoms with Crippen LogP contribution in [0.15, 0.2) is 217 Å². The molecule has 0 aliphatic rings. The first-order valence-corrected chi connectivity index (χ1v) is 20.1. The fraction of sp³-hybridized carbons (Fsp3) is 0. The Kier molecular flexibility index (Phi) is 8.04. The van der Waals surface area contributed by atoms with Crippen LogP contribution in [-0.4, -0.2) is 0 Å². The van der Waals surface area contributed by atoms with Crippen molar-refractivity contribution in [1.29, 1.82) is 0 Å². The van der Waals surface area contributed by atoms with Gasteiger partial charge < -0.3 is 9.32 Å². The van der Waals surface area contributed by atoms with Gasteiger partial charge in [-0.15, -0.1) is 11.3 Å². The maximum absolute atomic E-state index is 6.44. The second-order valence-corrected chi connectivity index (χ2v) is 15.5. The molecule has 9 aromatic carbocycles. The lowest BCUT2D eigenvalue weighted by atomic mass is 9.92. The van der Waals surface area contributed by atoms with Gasteiger partial charge in [-0.25, -0.2) is 0 Å². The van der Waals surface area contributed by atoms with E-state index in [1.807, 2.05) is 17.4 Å². The van der Waals surface area contributed by atoms with Gasteiger partial charge in [-0.1, -0.05) is 164 Å². The molecule has 2 heterocycles. The van der Waals surface area contributed by atoms with Crippen LogP contribution in [0.3, 0.4) is 0 Å². The third-order valence-corrected chi connectivity index (χ3v) is 12.3. The van der Waals surface area contributed by atoms with E-state index < -0.39 is 0 Å². The van der Waals surface area contributed by atoms with Crippen molar-refractivity contribution in [2.45, 2.75) is 0 Å². The summed E-state index contributed by atoms with van der Waals surface area (Å²) in [6, 6.07) is 76.3. The molecule has 268 valence electrons. The predicted octanol–water partition coefficient (Wildman–Crippen LogP) is 16.1. The lowest BCUT2D eigenvalue weighted by Gasteiger charge is -2.28. The molecule has 2 aromatic heterocycles. The molecule has 0 saturated carbocycles. The van der Waals surface area contributed by atoms with E-state index in [9.17, 15) is 0 Å². The molecule has 57 heavy (non-hydrogen) atoms. The van der Waals surface area contributed by atoms with Crippen molar-refractivity contribution in [3.8, 4) is 44.5 Å². The highest BCUT2D eigenvalue weighted by atomic mass is 32.1. The molecule has 0 saturated heterocycles. The van der Waals surface area contributed by atoms with Crippen molar-refractivity contribution in [2.75, 3.05) is 4.90 Å². The van der Waals surface area contributed by atoms with E-state index in [0.29, 0.717) is 0 Å². The molecule has 0 N–H and O–H groups in total. The normalized spacial score (nSPS) is 11.5. The number of rotatable bonds is 7. The molecule has 0 atom stereocenters. The molecule has 0 spiro atoms. The molecule has 0 aliphatic carbocycles. The van der Waals surface area contributed by atoms with Crippen molar-refractivity contribution >= 4 is 70.5 Å². The standard InChI is InChI=1S/C54H35NOS/c1-3-13-36(14-4-1)37-25-27-38(28-26-37)39-29-31-41(32-30-39)55(49-21-12-23-51-53(49)47-18-7-9-22-50(47)56-51)42-33-34-43(48(35-42)40-15-5-2-6-16-40)45-19-11-20-46-44-17-8-10-24-52(44)57-54(45)46/h1-35H. The van der Waals surface area contributed by atoms with Gasteiger partial charge in [0.15, 0.2) is 0 Å². The Labute approximate surface area is 335 Å². The lowest BCUT2D eigenvalue weighted by Crippen LogP contribution is -2.10. The number of benzene rings is 9. The quantitative estimate of drug-likeness (QED) is 0.162. The fourth-order valence-corrected chi connectivity index (χ4v) is 9.61. The second kappa shape index (κ2) is 13.8. The highest BCUT2D eigenvalue weighted by Gasteiger charge is 2.22. The molecule has 0 bridgehead atoms. The number of anilines is 3. The molecule has 11 rings (SSSR count). The van der Waals surface area contributed by atoms with Crippen molar-refractivity contribution in [3.05, 3.63) is 212 Å². The summed E-state index contributed by atoms with van der Waals surface area (Å²) >= 11 is 1.87. The summed E-state index contributed by atoms with van der Waals surface area (Å²) in [7, 11) is 0. The number of para-hydroxylation sites is 1. The van der Waals surface area contributed by atoms with Gasteiger partial charge in [0, 0.05) is 42.5 Å². The van der Waals surface area contributed by atoms with Crippen molar-refractivity contribution in [3.63, 3.8) is 0 Å². The highest BCUT2D eigenvalue weighted by Crippen LogP contribution is 2.47. The van der Waals surface area contributed by atoms with Crippen molar-refractivity contribution in [2.24, 2.45) is 0 Å². The fourth-order valence-electron chi connectivity index (χ4n) is 8.38. The van der Waals surface area contributed by atoms with E-state index in [0.717, 1.165) is 39.0 Å². The molecule has 0 unspecified atom stereocenters. The largest absolute Gasteiger partial charge is 0.456 e. The van der Waals surface area contributed by atoms with Gasteiger partial charge in [0.25, 0.3) is 0 Å². The molecule has 3 heteroatoms. The summed E-state index contributed by atoms with van der Waals surface area (Å²) in [5.41, 5.74) is 14.5. The van der Waals surface area contributed by atoms with Crippen LogP contribution in [0.2, 0.25) is 0 Å². The minimum Gasteiger partial charge on any atom is -0.456 e. The van der Waals surface area contributed by atoms with Crippen LogP contribution in [0.1, 0.15) is 0 Å². The molecule has 2 nitrogen and oxygen atoms in total. The maximum atomic E-state index is 6.44. The Morgan fingerprint density at radius 1 is 0.351 bits per heavy atom. The summed E-state index contributed by atoms with van der Waals surface area (Å²) in [6.45, 7) is 0. The molecule has 0 radical (unpaired) electrons. The van der Waals surface area contributed by atoms with E-state index in [2.05, 4.69) is 211 Å². The van der Waals surface area contributed by atoms with E-state index in [4.69, 9.17) is 4.42 Å². The SMILES string of the molecule is c1ccc(-c2ccc(-c3ccc(N(c4ccc(-c5cccc6c5sc5ccccc56)c(-c5ccccc5)c4)c4cccc5oc6ccccc6c45)cc3)cc2)cc1. The Hall–Kier alpha value is -7.20. The average molecular weight is 746 g/mol. The van der Waals surface area contributed by atoms with Crippen LogP contribution in [-0.2, 0) is 0 Å². The summed E-state index contributed by atoms with van der Waals surface area (Å²) in [5, 5.41) is 4.79. The van der Waals surface area contributed by atoms with Crippen molar-refractivity contribution < 1.29 is 4.42 Å². The summed E-state index contributed by atoms with van der Waals surface area (Å²) in [5.74, 6) is 0. The smallest absolute Gasteiger partial charge is 0.137 e. The number of fused-ring (bicyclic) bond motifs is 6. The van der Waals surface area contributed by atoms with Gasteiger partial charge in [0.2, 0.25) is 0 Å². The number of hydrogen-bond acceptors (Lipinski definition) is 3. The lowest BCUT2D eigenvalue weighted by molar-refractivity contribution is 0.669. The average Bonchev–Trinajstić information content (AvgIpc) is 3.87. The summed E-state index contributed by atoms with van der Waals surface area (Å²) in [6.07, 6.45) is 0. The Bertz CT molecular complexity index is 3210. The van der Waals surface area contributed by atoms with Gasteiger partial charge in [-0.2, -0.15) is 0 Å². The first-order valence-electron chi connectivity index (χ1n) is 19.3. The van der Waals surface area contributed by atoms with E-state index in [1.54, 1.807) is 0 Å². The molecular weight excluding hydrogens is 711 g/mol. The number of hydrogen-bond donors (Lipinski definition) is 0. The molecule has 0 amide bonds. The van der Waals surface area contributed by atoms with Crippen LogP contribution in [0.4, 0.5) is 17.1 Å². The number of thiophene rings is 1. The van der Waals surface area contributed by atoms with Crippen LogP contribution < -0.4 is 4.90 Å². The predicted molar refractivity (Wildman–Crippen MR) is 243 cm³/mol. The third-order valence-electron chi connectivity index (χ3n) is 11.1. The molecule has 0 aliphatic heterocycles. The monoisotopic (exact) mass is 745 g/mol. The van der Waals surface area contributed by atoms with Gasteiger partial charge in [0.05, 0.1) is 11.1 Å². The minimum absolute atomic E-state index is 0.866. The maximum Gasteiger partial charge on any atom is 0.137 e. The van der Waals surface area contributed by atoms with Crippen LogP contribution in [0, 0.1) is 0 Å². The molecule has 0 fully saturated rings. The van der Waals surface area contributed by atoms with E-state index in [1.165, 1.54) is 64.7 Å². The molecular formula is C54H35NOS. The minimum atomic E-state index is 0.866. The molecule has 11 aromatic rings. The van der Waals surface area contributed by atoms with Gasteiger partial charge in [-0.05, 0) is 87.5 Å². The van der Waals surface area contributed by atoms with E-state index >= 15 is 0 Å². The zero-order chi connectivity index (χ0) is 37.7. The second-order valence-electron chi connectivity index (χ2n) is 14.5.